The molecule has 2 aromatic carbocycles. The number of rotatable bonds is 6. The number of aromatic amines is 1. The summed E-state index contributed by atoms with van der Waals surface area (Å²) >= 11 is 1.38. The van der Waals surface area contributed by atoms with E-state index in [1.165, 1.54) is 11.8 Å². The number of H-pyrrole nitrogens is 1. The van der Waals surface area contributed by atoms with E-state index in [1.54, 1.807) is 30.3 Å². The van der Waals surface area contributed by atoms with E-state index in [0.29, 0.717) is 16.9 Å². The summed E-state index contributed by atoms with van der Waals surface area (Å²) in [4.78, 5) is 25.1. The average Bonchev–Trinajstić information content (AvgIpc) is 3.13. The SMILES string of the molecule is O=C(CSc1cccc(C(=O)Nc2nn[nH]n2)c1)c1ccccc1. The van der Waals surface area contributed by atoms with Gasteiger partial charge in [-0.25, -0.2) is 0 Å². The van der Waals surface area contributed by atoms with Gasteiger partial charge in [-0.1, -0.05) is 41.5 Å². The number of Topliss-reactive ketones (excluding diaryl/α,β-unsaturated/α-hetero) is 1. The van der Waals surface area contributed by atoms with E-state index in [-0.39, 0.29) is 17.6 Å². The minimum Gasteiger partial charge on any atom is -0.293 e. The Labute approximate surface area is 141 Å². The summed E-state index contributed by atoms with van der Waals surface area (Å²) in [5.41, 5.74) is 1.13. The van der Waals surface area contributed by atoms with Gasteiger partial charge < -0.3 is 0 Å². The fraction of sp³-hybridized carbons (Fsp3) is 0.0625. The molecule has 0 saturated carbocycles. The van der Waals surface area contributed by atoms with Crippen LogP contribution in [0.1, 0.15) is 20.7 Å². The molecular formula is C16H13N5O2S. The monoisotopic (exact) mass is 339 g/mol. The quantitative estimate of drug-likeness (QED) is 0.528. The lowest BCUT2D eigenvalue weighted by Gasteiger charge is -2.05. The zero-order valence-corrected chi connectivity index (χ0v) is 13.3. The fourth-order valence-corrected chi connectivity index (χ4v) is 2.82. The Morgan fingerprint density at radius 3 is 2.58 bits per heavy atom. The molecule has 0 radical (unpaired) electrons. The van der Waals surface area contributed by atoms with Crippen molar-refractivity contribution < 1.29 is 9.59 Å². The Morgan fingerprint density at radius 1 is 1.04 bits per heavy atom. The number of ketones is 1. The van der Waals surface area contributed by atoms with Crippen LogP contribution in [0.15, 0.2) is 59.5 Å². The van der Waals surface area contributed by atoms with Gasteiger partial charge in [0, 0.05) is 16.0 Å². The van der Waals surface area contributed by atoms with E-state index in [4.69, 9.17) is 0 Å². The molecule has 120 valence electrons. The van der Waals surface area contributed by atoms with Gasteiger partial charge in [0.15, 0.2) is 5.78 Å². The highest BCUT2D eigenvalue weighted by Crippen LogP contribution is 2.21. The number of thioether (sulfide) groups is 1. The Hall–Kier alpha value is -3.00. The van der Waals surface area contributed by atoms with Crippen molar-refractivity contribution in [3.63, 3.8) is 0 Å². The Balaban J connectivity index is 1.63. The van der Waals surface area contributed by atoms with Crippen LogP contribution in [0.5, 0.6) is 0 Å². The fourth-order valence-electron chi connectivity index (χ4n) is 1.97. The zero-order chi connectivity index (χ0) is 16.8. The van der Waals surface area contributed by atoms with E-state index in [9.17, 15) is 9.59 Å². The lowest BCUT2D eigenvalue weighted by Crippen LogP contribution is -2.13. The van der Waals surface area contributed by atoms with Crippen LogP contribution in [0, 0.1) is 0 Å². The molecule has 24 heavy (non-hydrogen) atoms. The molecule has 3 rings (SSSR count). The Morgan fingerprint density at radius 2 is 1.83 bits per heavy atom. The first kappa shape index (κ1) is 15.9. The number of hydrogen-bond donors (Lipinski definition) is 2. The van der Waals surface area contributed by atoms with Crippen molar-refractivity contribution in [2.75, 3.05) is 11.1 Å². The van der Waals surface area contributed by atoms with Gasteiger partial charge in [-0.05, 0) is 23.4 Å². The molecule has 3 aromatic rings. The average molecular weight is 339 g/mol. The number of nitrogens with zero attached hydrogens (tertiary/aromatic N) is 3. The van der Waals surface area contributed by atoms with Crippen molar-refractivity contribution in [3.8, 4) is 0 Å². The number of tetrazole rings is 1. The second-order valence-corrected chi connectivity index (χ2v) is 5.84. The van der Waals surface area contributed by atoms with Crippen LogP contribution in [0.4, 0.5) is 5.95 Å². The maximum Gasteiger partial charge on any atom is 0.270 e. The molecule has 1 amide bonds. The number of anilines is 1. The molecule has 0 atom stereocenters. The van der Waals surface area contributed by atoms with Crippen LogP contribution in [-0.4, -0.2) is 38.1 Å². The molecule has 1 aromatic heterocycles. The van der Waals surface area contributed by atoms with Crippen LogP contribution in [0.2, 0.25) is 0 Å². The number of amides is 1. The van der Waals surface area contributed by atoms with E-state index in [1.807, 2.05) is 24.3 Å². The van der Waals surface area contributed by atoms with Crippen LogP contribution in [0.25, 0.3) is 0 Å². The first-order chi connectivity index (χ1) is 11.7. The molecule has 1 heterocycles. The van der Waals surface area contributed by atoms with Gasteiger partial charge in [0.2, 0.25) is 0 Å². The van der Waals surface area contributed by atoms with Crippen molar-refractivity contribution in [2.24, 2.45) is 0 Å². The number of hydrogen-bond acceptors (Lipinski definition) is 6. The molecule has 0 aliphatic rings. The van der Waals surface area contributed by atoms with Gasteiger partial charge in [0.05, 0.1) is 5.75 Å². The number of nitrogens with one attached hydrogen (secondary N) is 2. The molecule has 0 unspecified atom stereocenters. The van der Waals surface area contributed by atoms with Crippen molar-refractivity contribution >= 4 is 29.4 Å². The Bertz CT molecular complexity index is 837. The van der Waals surface area contributed by atoms with Crippen molar-refractivity contribution in [1.29, 1.82) is 0 Å². The van der Waals surface area contributed by atoms with Gasteiger partial charge in [-0.15, -0.1) is 16.9 Å². The molecule has 0 saturated heterocycles. The molecule has 0 spiro atoms. The molecule has 0 aliphatic heterocycles. The summed E-state index contributed by atoms with van der Waals surface area (Å²) in [5, 5.41) is 15.5. The molecule has 8 heteroatoms. The molecule has 7 nitrogen and oxygen atoms in total. The van der Waals surface area contributed by atoms with Gasteiger partial charge >= 0.3 is 0 Å². The summed E-state index contributed by atoms with van der Waals surface area (Å²) in [7, 11) is 0. The zero-order valence-electron chi connectivity index (χ0n) is 12.5. The minimum atomic E-state index is -0.340. The predicted octanol–water partition coefficient (Wildman–Crippen LogP) is 2.43. The maximum atomic E-state index is 12.1. The second kappa shape index (κ2) is 7.51. The number of aromatic nitrogens is 4. The predicted molar refractivity (Wildman–Crippen MR) is 90.1 cm³/mol. The third-order valence-corrected chi connectivity index (χ3v) is 4.13. The van der Waals surface area contributed by atoms with Crippen molar-refractivity contribution in [2.45, 2.75) is 4.90 Å². The van der Waals surface area contributed by atoms with E-state index in [0.717, 1.165) is 4.90 Å². The smallest absolute Gasteiger partial charge is 0.270 e. The maximum absolute atomic E-state index is 12.1. The van der Waals surface area contributed by atoms with E-state index in [2.05, 4.69) is 25.9 Å². The molecule has 2 N–H and O–H groups in total. The number of carbonyl (C=O) groups excluding carboxylic acids is 2. The van der Waals surface area contributed by atoms with Gasteiger partial charge in [0.1, 0.15) is 0 Å². The van der Waals surface area contributed by atoms with Crippen LogP contribution >= 0.6 is 11.8 Å². The highest BCUT2D eigenvalue weighted by molar-refractivity contribution is 8.00. The minimum absolute atomic E-state index is 0.0438. The lowest BCUT2D eigenvalue weighted by molar-refractivity contribution is 0.101. The van der Waals surface area contributed by atoms with Crippen LogP contribution in [-0.2, 0) is 0 Å². The summed E-state index contributed by atoms with van der Waals surface area (Å²) < 4.78 is 0. The second-order valence-electron chi connectivity index (χ2n) is 4.80. The first-order valence-corrected chi connectivity index (χ1v) is 8.07. The van der Waals surface area contributed by atoms with E-state index >= 15 is 0 Å². The van der Waals surface area contributed by atoms with Crippen molar-refractivity contribution in [3.05, 3.63) is 65.7 Å². The number of carbonyl (C=O) groups is 2. The lowest BCUT2D eigenvalue weighted by atomic mass is 10.2. The van der Waals surface area contributed by atoms with Crippen molar-refractivity contribution in [1.82, 2.24) is 20.6 Å². The standard InChI is InChI=1S/C16H13N5O2S/c22-14(11-5-2-1-3-6-11)10-24-13-8-4-7-12(9-13)15(23)17-16-18-20-21-19-16/h1-9H,10H2,(H2,17,18,19,20,21,23). The van der Waals surface area contributed by atoms with Gasteiger partial charge in [-0.2, -0.15) is 5.21 Å². The van der Waals surface area contributed by atoms with E-state index < -0.39 is 0 Å². The van der Waals surface area contributed by atoms with Gasteiger partial charge in [0.25, 0.3) is 11.9 Å². The van der Waals surface area contributed by atoms with Gasteiger partial charge in [-0.3, -0.25) is 14.9 Å². The third kappa shape index (κ3) is 4.05. The summed E-state index contributed by atoms with van der Waals surface area (Å²) in [6, 6.07) is 16.1. The summed E-state index contributed by atoms with van der Waals surface area (Å²) in [6.45, 7) is 0. The molecule has 0 fully saturated rings. The third-order valence-electron chi connectivity index (χ3n) is 3.13. The molecular weight excluding hydrogens is 326 g/mol. The highest BCUT2D eigenvalue weighted by atomic mass is 32.2. The first-order valence-electron chi connectivity index (χ1n) is 7.08. The van der Waals surface area contributed by atoms with Crippen LogP contribution in [0.3, 0.4) is 0 Å². The normalized spacial score (nSPS) is 10.3. The number of benzene rings is 2. The highest BCUT2D eigenvalue weighted by Gasteiger charge is 2.11. The molecule has 0 bridgehead atoms. The van der Waals surface area contributed by atoms with Crippen LogP contribution < -0.4 is 5.32 Å². The summed E-state index contributed by atoms with van der Waals surface area (Å²) in [6.07, 6.45) is 0. The largest absolute Gasteiger partial charge is 0.293 e. The molecule has 0 aliphatic carbocycles. The Kier molecular flexibility index (Phi) is 4.97. The topological polar surface area (TPSA) is 101 Å². The summed E-state index contributed by atoms with van der Waals surface area (Å²) in [5.74, 6) is 0.118.